The van der Waals surface area contributed by atoms with Crippen molar-refractivity contribution in [2.45, 2.75) is 39.7 Å². The van der Waals surface area contributed by atoms with E-state index in [1.165, 1.54) is 0 Å². The summed E-state index contributed by atoms with van der Waals surface area (Å²) in [5.74, 6) is 1.02. The molecule has 1 unspecified atom stereocenters. The maximum atomic E-state index is 12.0. The molecule has 1 heterocycles. The predicted molar refractivity (Wildman–Crippen MR) is 108 cm³/mol. The van der Waals surface area contributed by atoms with Crippen molar-refractivity contribution in [3.8, 4) is 0 Å². The molecule has 7 nitrogen and oxygen atoms in total. The summed E-state index contributed by atoms with van der Waals surface area (Å²) >= 11 is 0. The zero-order chi connectivity index (χ0) is 17.4. The number of nitrogens with one attached hydrogen (secondary N) is 2. The van der Waals surface area contributed by atoms with E-state index in [4.69, 9.17) is 0 Å². The first-order valence-electron chi connectivity index (χ1n) is 8.38. The lowest BCUT2D eigenvalue weighted by molar-refractivity contribution is -0.133. The van der Waals surface area contributed by atoms with Gasteiger partial charge in [-0.1, -0.05) is 13.8 Å². The number of hydrogen-bond acceptors (Lipinski definition) is 3. The number of aliphatic imine (C=N–C) groups is 1. The molecule has 1 atom stereocenters. The van der Waals surface area contributed by atoms with Gasteiger partial charge in [0.1, 0.15) is 0 Å². The molecule has 1 saturated heterocycles. The van der Waals surface area contributed by atoms with E-state index in [1.807, 2.05) is 25.7 Å². The van der Waals surface area contributed by atoms with Crippen LogP contribution in [-0.2, 0) is 9.59 Å². The van der Waals surface area contributed by atoms with Crippen molar-refractivity contribution in [3.63, 3.8) is 0 Å². The average Bonchev–Trinajstić information content (AvgIpc) is 2.94. The minimum Gasteiger partial charge on any atom is -0.357 e. The van der Waals surface area contributed by atoms with Gasteiger partial charge in [-0.25, -0.2) is 0 Å². The number of hydrogen-bond donors (Lipinski definition) is 2. The highest BCUT2D eigenvalue weighted by Crippen LogP contribution is 2.12. The van der Waals surface area contributed by atoms with Gasteiger partial charge in [0.2, 0.25) is 11.8 Å². The van der Waals surface area contributed by atoms with E-state index in [2.05, 4.69) is 15.6 Å². The van der Waals surface area contributed by atoms with Crippen LogP contribution in [0.25, 0.3) is 0 Å². The quantitative estimate of drug-likeness (QED) is 0.356. The van der Waals surface area contributed by atoms with E-state index >= 15 is 0 Å². The molecule has 2 N–H and O–H groups in total. The molecule has 0 aromatic carbocycles. The van der Waals surface area contributed by atoms with E-state index in [0.29, 0.717) is 25.5 Å². The molecule has 0 saturated carbocycles. The van der Waals surface area contributed by atoms with E-state index < -0.39 is 0 Å². The zero-order valence-electron chi connectivity index (χ0n) is 15.5. The van der Waals surface area contributed by atoms with Gasteiger partial charge in [-0.15, -0.1) is 24.0 Å². The van der Waals surface area contributed by atoms with Crippen molar-refractivity contribution in [1.82, 2.24) is 20.4 Å². The minimum absolute atomic E-state index is 0. The van der Waals surface area contributed by atoms with Crippen LogP contribution in [-0.4, -0.2) is 73.9 Å². The molecule has 8 heteroatoms. The second kappa shape index (κ2) is 11.5. The lowest BCUT2D eigenvalue weighted by Crippen LogP contribution is -2.45. The maximum Gasteiger partial charge on any atom is 0.225 e. The summed E-state index contributed by atoms with van der Waals surface area (Å²) in [7, 11) is 3.49. The molecule has 0 aromatic rings. The monoisotopic (exact) mass is 453 g/mol. The Morgan fingerprint density at radius 1 is 1.33 bits per heavy atom. The lowest BCUT2D eigenvalue weighted by Gasteiger charge is -2.20. The summed E-state index contributed by atoms with van der Waals surface area (Å²) in [5, 5.41) is 6.55. The number of carbonyl (C=O) groups excluding carboxylic acids is 2. The molecule has 0 aliphatic carbocycles. The predicted octanol–water partition coefficient (Wildman–Crippen LogP) is 0.895. The number of guanidine groups is 1. The Labute approximate surface area is 162 Å². The Balaban J connectivity index is 0.00000529. The standard InChI is InChI=1S/C16H31N5O2.HI/c1-6-17-16(18-9-7-14(22)20(4)5)19-13-8-10-21(11-13)15(23)12(2)3;/h12-13H,6-11H2,1-5H3,(H2,17,18,19);1H. The first-order chi connectivity index (χ1) is 10.8. The summed E-state index contributed by atoms with van der Waals surface area (Å²) in [4.78, 5) is 31.5. The molecule has 0 spiro atoms. The van der Waals surface area contributed by atoms with Crippen LogP contribution >= 0.6 is 24.0 Å². The van der Waals surface area contributed by atoms with Gasteiger partial charge in [0.15, 0.2) is 5.96 Å². The van der Waals surface area contributed by atoms with Crippen LogP contribution in [0.3, 0.4) is 0 Å². The number of halogens is 1. The van der Waals surface area contributed by atoms with Crippen molar-refractivity contribution in [1.29, 1.82) is 0 Å². The molecule has 0 bridgehead atoms. The van der Waals surface area contributed by atoms with Gasteiger partial charge in [0, 0.05) is 52.1 Å². The largest absolute Gasteiger partial charge is 0.357 e. The molecule has 24 heavy (non-hydrogen) atoms. The van der Waals surface area contributed by atoms with Gasteiger partial charge in [-0.2, -0.15) is 0 Å². The molecule has 0 aromatic heterocycles. The van der Waals surface area contributed by atoms with E-state index in [0.717, 1.165) is 19.5 Å². The first-order valence-corrected chi connectivity index (χ1v) is 8.38. The molecule has 140 valence electrons. The van der Waals surface area contributed by atoms with Crippen molar-refractivity contribution < 1.29 is 9.59 Å². The molecule has 1 fully saturated rings. The topological polar surface area (TPSA) is 77.0 Å². The number of likely N-dealkylation sites (tertiary alicyclic amines) is 1. The summed E-state index contributed by atoms with van der Waals surface area (Å²) in [5.41, 5.74) is 0. The van der Waals surface area contributed by atoms with Crippen LogP contribution < -0.4 is 10.6 Å². The highest BCUT2D eigenvalue weighted by atomic mass is 127. The molecule has 1 aliphatic heterocycles. The average molecular weight is 453 g/mol. The summed E-state index contributed by atoms with van der Waals surface area (Å²) in [6.45, 7) is 8.56. The molecule has 1 aliphatic rings. The first kappa shape index (κ1) is 22.9. The Morgan fingerprint density at radius 2 is 2.00 bits per heavy atom. The normalized spacial score (nSPS) is 17.5. The Hall–Kier alpha value is -1.06. The van der Waals surface area contributed by atoms with Gasteiger partial charge < -0.3 is 20.4 Å². The number of nitrogens with zero attached hydrogens (tertiary/aromatic N) is 3. The van der Waals surface area contributed by atoms with Crippen LogP contribution in [0, 0.1) is 5.92 Å². The fourth-order valence-electron chi connectivity index (χ4n) is 2.44. The zero-order valence-corrected chi connectivity index (χ0v) is 17.8. The van der Waals surface area contributed by atoms with Crippen LogP contribution in [0.4, 0.5) is 0 Å². The number of rotatable bonds is 6. The highest BCUT2D eigenvalue weighted by molar-refractivity contribution is 14.0. The van der Waals surface area contributed by atoms with Crippen LogP contribution in [0.5, 0.6) is 0 Å². The van der Waals surface area contributed by atoms with Crippen LogP contribution in [0.2, 0.25) is 0 Å². The third-order valence-electron chi connectivity index (χ3n) is 3.77. The third-order valence-corrected chi connectivity index (χ3v) is 3.77. The minimum atomic E-state index is 0. The molecule has 1 rings (SSSR count). The molecular formula is C16H32IN5O2. The molecule has 0 radical (unpaired) electrons. The highest BCUT2D eigenvalue weighted by Gasteiger charge is 2.27. The maximum absolute atomic E-state index is 12.0. The van der Waals surface area contributed by atoms with Crippen molar-refractivity contribution in [3.05, 3.63) is 0 Å². The Morgan fingerprint density at radius 3 is 2.54 bits per heavy atom. The van der Waals surface area contributed by atoms with Crippen molar-refractivity contribution >= 4 is 41.8 Å². The second-order valence-electron chi connectivity index (χ2n) is 6.37. The van der Waals surface area contributed by atoms with Crippen LogP contribution in [0.1, 0.15) is 33.6 Å². The Kier molecular flexibility index (Phi) is 11.0. The fraction of sp³-hybridized carbons (Fsp3) is 0.812. The molecular weight excluding hydrogens is 421 g/mol. The van der Waals surface area contributed by atoms with Gasteiger partial charge in [-0.3, -0.25) is 14.6 Å². The number of amides is 2. The fourth-order valence-corrected chi connectivity index (χ4v) is 2.44. The van der Waals surface area contributed by atoms with Gasteiger partial charge in [0.05, 0.1) is 6.54 Å². The Bertz CT molecular complexity index is 440. The van der Waals surface area contributed by atoms with E-state index in [-0.39, 0.29) is 47.8 Å². The van der Waals surface area contributed by atoms with E-state index in [9.17, 15) is 9.59 Å². The third kappa shape index (κ3) is 7.67. The van der Waals surface area contributed by atoms with E-state index in [1.54, 1.807) is 19.0 Å². The SMILES string of the molecule is CCNC(=NCCC(=O)N(C)C)NC1CCN(C(=O)C(C)C)C1.I. The van der Waals surface area contributed by atoms with Crippen molar-refractivity contribution in [2.24, 2.45) is 10.9 Å². The van der Waals surface area contributed by atoms with Gasteiger partial charge in [-0.05, 0) is 13.3 Å². The van der Waals surface area contributed by atoms with Gasteiger partial charge >= 0.3 is 0 Å². The smallest absolute Gasteiger partial charge is 0.225 e. The van der Waals surface area contributed by atoms with Crippen LogP contribution in [0.15, 0.2) is 4.99 Å². The van der Waals surface area contributed by atoms with Gasteiger partial charge in [0.25, 0.3) is 0 Å². The number of carbonyl (C=O) groups is 2. The molecule has 2 amide bonds. The second-order valence-corrected chi connectivity index (χ2v) is 6.37. The lowest BCUT2D eigenvalue weighted by atomic mass is 10.2. The summed E-state index contributed by atoms with van der Waals surface area (Å²) in [6.07, 6.45) is 1.31. The summed E-state index contributed by atoms with van der Waals surface area (Å²) < 4.78 is 0. The van der Waals surface area contributed by atoms with Crippen molar-refractivity contribution in [2.75, 3.05) is 40.3 Å². The summed E-state index contributed by atoms with van der Waals surface area (Å²) in [6, 6.07) is 0.208.